The third-order valence-electron chi connectivity index (χ3n) is 2.96. The monoisotopic (exact) mass is 232 g/mol. The minimum atomic E-state index is -0.144. The van der Waals surface area contributed by atoms with Crippen LogP contribution in [0.1, 0.15) is 38.4 Å². The van der Waals surface area contributed by atoms with Gasteiger partial charge >= 0.3 is 5.69 Å². The molecular weight excluding hydrogens is 216 g/mol. The van der Waals surface area contributed by atoms with E-state index in [0.717, 1.165) is 12.8 Å². The van der Waals surface area contributed by atoms with Gasteiger partial charge in [-0.1, -0.05) is 20.4 Å². The first-order chi connectivity index (χ1) is 8.21. The van der Waals surface area contributed by atoms with Gasteiger partial charge in [-0.05, 0) is 18.9 Å². The number of H-pyrrole nitrogens is 1. The third kappa shape index (κ3) is 1.88. The second-order valence-electron chi connectivity index (χ2n) is 3.94. The van der Waals surface area contributed by atoms with Gasteiger partial charge in [0.1, 0.15) is 0 Å². The first-order valence-electron chi connectivity index (χ1n) is 5.80. The second kappa shape index (κ2) is 4.53. The Labute approximate surface area is 99.2 Å². The van der Waals surface area contributed by atoms with Gasteiger partial charge in [-0.2, -0.15) is 0 Å². The molecule has 17 heavy (non-hydrogen) atoms. The molecule has 2 aromatic heterocycles. The molecule has 0 aliphatic carbocycles. The molecule has 0 fully saturated rings. The fourth-order valence-corrected chi connectivity index (χ4v) is 2.01. The molecule has 0 amide bonds. The highest BCUT2D eigenvalue weighted by Crippen LogP contribution is 2.17. The van der Waals surface area contributed by atoms with Crippen LogP contribution in [0.4, 0.5) is 0 Å². The number of fused-ring (bicyclic) bond motifs is 1. The van der Waals surface area contributed by atoms with E-state index in [1.165, 1.54) is 0 Å². The van der Waals surface area contributed by atoms with Crippen LogP contribution in [0, 0.1) is 0 Å². The van der Waals surface area contributed by atoms with Gasteiger partial charge in [0.15, 0.2) is 11.3 Å². The first kappa shape index (κ1) is 11.6. The molecule has 0 unspecified atom stereocenters. The number of hydrogen-bond acceptors (Lipinski definition) is 3. The van der Waals surface area contributed by atoms with Crippen molar-refractivity contribution in [3.8, 4) is 0 Å². The molecular formula is C12H16N4O. The van der Waals surface area contributed by atoms with Gasteiger partial charge in [-0.15, -0.1) is 0 Å². The van der Waals surface area contributed by atoms with E-state index in [9.17, 15) is 4.79 Å². The molecule has 2 heterocycles. The molecule has 0 saturated carbocycles. The Kier molecular flexibility index (Phi) is 3.08. The Morgan fingerprint density at radius 2 is 2.24 bits per heavy atom. The lowest BCUT2D eigenvalue weighted by atomic mass is 10.2. The maximum Gasteiger partial charge on any atom is 0.329 e. The van der Waals surface area contributed by atoms with Gasteiger partial charge in [0.05, 0.1) is 11.9 Å². The van der Waals surface area contributed by atoms with Crippen LogP contribution in [0.2, 0.25) is 0 Å². The molecule has 0 aromatic carbocycles. The summed E-state index contributed by atoms with van der Waals surface area (Å²) in [7, 11) is 0. The predicted octanol–water partition coefficient (Wildman–Crippen LogP) is 2.12. The Balaban J connectivity index is 2.67. The van der Waals surface area contributed by atoms with Crippen molar-refractivity contribution in [1.29, 1.82) is 0 Å². The van der Waals surface area contributed by atoms with Crippen molar-refractivity contribution in [2.45, 2.75) is 32.7 Å². The van der Waals surface area contributed by atoms with Crippen LogP contribution < -0.4 is 5.69 Å². The standard InChI is InChI=1S/C12H16N4O/c1-4-8-7-13-11-10(14-8)15-12(17)16(11)9(5-2)6-3/h4,7,9H,1,5-6H2,2-3H3,(H,14,15,17). The average Bonchev–Trinajstić information content (AvgIpc) is 2.67. The van der Waals surface area contributed by atoms with Crippen LogP contribution in [-0.4, -0.2) is 19.5 Å². The van der Waals surface area contributed by atoms with Crippen molar-refractivity contribution in [3.05, 3.63) is 29.0 Å². The van der Waals surface area contributed by atoms with Gasteiger partial charge in [0, 0.05) is 6.04 Å². The van der Waals surface area contributed by atoms with Crippen LogP contribution in [-0.2, 0) is 0 Å². The molecule has 0 saturated heterocycles. The first-order valence-corrected chi connectivity index (χ1v) is 5.80. The summed E-state index contributed by atoms with van der Waals surface area (Å²) in [5.74, 6) is 0. The molecule has 0 aliphatic heterocycles. The molecule has 5 heteroatoms. The van der Waals surface area contributed by atoms with Gasteiger partial charge in [0.2, 0.25) is 0 Å². The van der Waals surface area contributed by atoms with Crippen molar-refractivity contribution in [2.24, 2.45) is 0 Å². The summed E-state index contributed by atoms with van der Waals surface area (Å²) in [4.78, 5) is 23.2. The fraction of sp³-hybridized carbons (Fsp3) is 0.417. The molecule has 90 valence electrons. The number of rotatable bonds is 4. The molecule has 0 bridgehead atoms. The Bertz CT molecular complexity index is 592. The maximum absolute atomic E-state index is 11.9. The summed E-state index contributed by atoms with van der Waals surface area (Å²) in [5, 5.41) is 0. The molecule has 5 nitrogen and oxygen atoms in total. The lowest BCUT2D eigenvalue weighted by molar-refractivity contribution is 0.469. The van der Waals surface area contributed by atoms with Crippen molar-refractivity contribution >= 4 is 17.4 Å². The molecule has 2 rings (SSSR count). The SMILES string of the molecule is C=Cc1cnc2c(n1)[nH]c(=O)n2C(CC)CC. The van der Waals surface area contributed by atoms with Crippen LogP contribution in [0.25, 0.3) is 17.4 Å². The molecule has 2 aromatic rings. The van der Waals surface area contributed by atoms with Crippen molar-refractivity contribution < 1.29 is 0 Å². The fourth-order valence-electron chi connectivity index (χ4n) is 2.01. The summed E-state index contributed by atoms with van der Waals surface area (Å²) in [5.41, 5.74) is 1.67. The Morgan fingerprint density at radius 1 is 1.53 bits per heavy atom. The topological polar surface area (TPSA) is 63.6 Å². The summed E-state index contributed by atoms with van der Waals surface area (Å²) >= 11 is 0. The highest BCUT2D eigenvalue weighted by atomic mass is 16.1. The maximum atomic E-state index is 11.9. The number of nitrogens with zero attached hydrogens (tertiary/aromatic N) is 3. The van der Waals surface area contributed by atoms with E-state index in [2.05, 4.69) is 35.4 Å². The second-order valence-corrected chi connectivity index (χ2v) is 3.94. The number of hydrogen-bond donors (Lipinski definition) is 1. The largest absolute Gasteiger partial charge is 0.329 e. The van der Waals surface area contributed by atoms with Gasteiger partial charge in [0.25, 0.3) is 0 Å². The van der Waals surface area contributed by atoms with Crippen molar-refractivity contribution in [1.82, 2.24) is 19.5 Å². The van der Waals surface area contributed by atoms with Gasteiger partial charge in [-0.25, -0.2) is 14.8 Å². The summed E-state index contributed by atoms with van der Waals surface area (Å²) in [6.45, 7) is 7.75. The van der Waals surface area contributed by atoms with Crippen LogP contribution in [0.3, 0.4) is 0 Å². The van der Waals surface area contributed by atoms with E-state index in [1.54, 1.807) is 16.8 Å². The van der Waals surface area contributed by atoms with Crippen LogP contribution in [0.5, 0.6) is 0 Å². The van der Waals surface area contributed by atoms with E-state index in [1.807, 2.05) is 0 Å². The van der Waals surface area contributed by atoms with Crippen LogP contribution in [0.15, 0.2) is 17.6 Å². The molecule has 0 atom stereocenters. The summed E-state index contributed by atoms with van der Waals surface area (Å²) in [6, 6.07) is 0.167. The minimum Gasteiger partial charge on any atom is -0.289 e. The van der Waals surface area contributed by atoms with E-state index in [4.69, 9.17) is 0 Å². The van der Waals surface area contributed by atoms with Crippen molar-refractivity contribution in [2.75, 3.05) is 0 Å². The van der Waals surface area contributed by atoms with Gasteiger partial charge < -0.3 is 0 Å². The van der Waals surface area contributed by atoms with Crippen molar-refractivity contribution in [3.63, 3.8) is 0 Å². The lowest BCUT2D eigenvalue weighted by Gasteiger charge is -2.13. The molecule has 0 radical (unpaired) electrons. The predicted molar refractivity (Wildman–Crippen MR) is 67.9 cm³/mol. The molecule has 1 N–H and O–H groups in total. The van der Waals surface area contributed by atoms with E-state index in [-0.39, 0.29) is 11.7 Å². The molecule has 0 aliphatic rings. The number of nitrogens with one attached hydrogen (secondary N) is 1. The number of imidazole rings is 1. The van der Waals surface area contributed by atoms with E-state index >= 15 is 0 Å². The highest BCUT2D eigenvalue weighted by molar-refractivity contribution is 5.67. The van der Waals surface area contributed by atoms with Gasteiger partial charge in [-0.3, -0.25) is 9.55 Å². The van der Waals surface area contributed by atoms with E-state index < -0.39 is 0 Å². The lowest BCUT2D eigenvalue weighted by Crippen LogP contribution is -2.21. The summed E-state index contributed by atoms with van der Waals surface area (Å²) in [6.07, 6.45) is 5.03. The molecule has 0 spiro atoms. The zero-order valence-electron chi connectivity index (χ0n) is 10.1. The van der Waals surface area contributed by atoms with Crippen LogP contribution >= 0.6 is 0 Å². The summed E-state index contributed by atoms with van der Waals surface area (Å²) < 4.78 is 1.69. The quantitative estimate of drug-likeness (QED) is 0.878. The number of aromatic nitrogens is 4. The highest BCUT2D eigenvalue weighted by Gasteiger charge is 2.15. The minimum absolute atomic E-state index is 0.144. The third-order valence-corrected chi connectivity index (χ3v) is 2.96. The smallest absolute Gasteiger partial charge is 0.289 e. The Hall–Kier alpha value is -1.91. The van der Waals surface area contributed by atoms with E-state index in [0.29, 0.717) is 17.0 Å². The average molecular weight is 232 g/mol. The zero-order valence-corrected chi connectivity index (χ0v) is 10.1. The normalized spacial score (nSPS) is 11.2. The Morgan fingerprint density at radius 3 is 2.82 bits per heavy atom. The number of aromatic amines is 1. The zero-order chi connectivity index (χ0) is 12.4.